The van der Waals surface area contributed by atoms with Crippen LogP contribution in [0.4, 0.5) is 5.69 Å². The van der Waals surface area contributed by atoms with Gasteiger partial charge in [-0.3, -0.25) is 4.79 Å². The molecule has 0 atom stereocenters. The van der Waals surface area contributed by atoms with Crippen LogP contribution in [0.1, 0.15) is 20.8 Å². The van der Waals surface area contributed by atoms with Crippen molar-refractivity contribution >= 4 is 21.6 Å². The van der Waals surface area contributed by atoms with Gasteiger partial charge in [-0.15, -0.1) is 0 Å². The van der Waals surface area contributed by atoms with Gasteiger partial charge >= 0.3 is 0 Å². The quantitative estimate of drug-likeness (QED) is 0.655. The Hall–Kier alpha value is -2.58. The van der Waals surface area contributed by atoms with Crippen molar-refractivity contribution in [1.82, 2.24) is 4.31 Å². The van der Waals surface area contributed by atoms with Crippen molar-refractivity contribution < 1.29 is 22.7 Å². The molecular weight excluding hydrogens is 380 g/mol. The van der Waals surface area contributed by atoms with Crippen molar-refractivity contribution in [1.29, 1.82) is 0 Å². The molecule has 7 nitrogen and oxygen atoms in total. The van der Waals surface area contributed by atoms with Crippen LogP contribution in [0.15, 0.2) is 53.4 Å². The monoisotopic (exact) mass is 406 g/mol. The first-order chi connectivity index (χ1) is 13.4. The van der Waals surface area contributed by atoms with E-state index in [2.05, 4.69) is 5.32 Å². The molecule has 1 N–H and O–H groups in total. The van der Waals surface area contributed by atoms with Gasteiger partial charge in [-0.05, 0) is 37.3 Å². The van der Waals surface area contributed by atoms with Gasteiger partial charge in [0.05, 0.1) is 17.2 Å². The zero-order valence-electron chi connectivity index (χ0n) is 16.3. The van der Waals surface area contributed by atoms with Crippen molar-refractivity contribution in [3.8, 4) is 11.5 Å². The molecule has 2 aromatic rings. The number of para-hydroxylation sites is 1. The number of nitrogens with one attached hydrogen (secondary N) is 1. The summed E-state index contributed by atoms with van der Waals surface area (Å²) in [7, 11) is -3.65. The largest absolute Gasteiger partial charge is 0.492 e. The Labute approximate surface area is 166 Å². The Morgan fingerprint density at radius 3 is 2.29 bits per heavy atom. The molecule has 0 fully saturated rings. The summed E-state index contributed by atoms with van der Waals surface area (Å²) in [6.07, 6.45) is 0. The van der Waals surface area contributed by atoms with E-state index in [0.29, 0.717) is 31.2 Å². The van der Waals surface area contributed by atoms with Gasteiger partial charge in [0.25, 0.3) is 5.91 Å². The second-order valence-corrected chi connectivity index (χ2v) is 7.77. The molecule has 0 unspecified atom stereocenters. The minimum atomic E-state index is -3.65. The summed E-state index contributed by atoms with van der Waals surface area (Å²) in [4.78, 5) is 12.4. The summed E-state index contributed by atoms with van der Waals surface area (Å²) < 4.78 is 37.8. The third-order valence-corrected chi connectivity index (χ3v) is 6.03. The number of hydrogen-bond acceptors (Lipinski definition) is 5. The molecule has 0 aliphatic rings. The van der Waals surface area contributed by atoms with Gasteiger partial charge in [0.1, 0.15) is 11.5 Å². The summed E-state index contributed by atoms with van der Waals surface area (Å²) >= 11 is 0. The number of anilines is 1. The number of rotatable bonds is 10. The third-order valence-electron chi connectivity index (χ3n) is 3.98. The smallest absolute Gasteiger partial charge is 0.262 e. The molecule has 0 aliphatic heterocycles. The fourth-order valence-corrected chi connectivity index (χ4v) is 4.10. The van der Waals surface area contributed by atoms with E-state index in [9.17, 15) is 13.2 Å². The molecule has 2 aromatic carbocycles. The highest BCUT2D eigenvalue weighted by atomic mass is 32.2. The summed E-state index contributed by atoms with van der Waals surface area (Å²) in [6, 6.07) is 13.4. The number of ether oxygens (including phenoxy) is 2. The molecule has 0 aromatic heterocycles. The first-order valence-corrected chi connectivity index (χ1v) is 10.6. The lowest BCUT2D eigenvalue weighted by Gasteiger charge is -2.20. The van der Waals surface area contributed by atoms with Crippen molar-refractivity contribution in [3.05, 3.63) is 48.5 Å². The van der Waals surface area contributed by atoms with Crippen molar-refractivity contribution in [2.24, 2.45) is 0 Å². The van der Waals surface area contributed by atoms with Crippen LogP contribution in [-0.4, -0.2) is 44.9 Å². The van der Waals surface area contributed by atoms with Gasteiger partial charge < -0.3 is 14.8 Å². The molecule has 28 heavy (non-hydrogen) atoms. The number of benzene rings is 2. The highest BCUT2D eigenvalue weighted by Crippen LogP contribution is 2.29. The van der Waals surface area contributed by atoms with Gasteiger partial charge in [-0.25, -0.2) is 8.42 Å². The van der Waals surface area contributed by atoms with E-state index in [4.69, 9.17) is 9.47 Å². The van der Waals surface area contributed by atoms with E-state index in [-0.39, 0.29) is 17.2 Å². The van der Waals surface area contributed by atoms with E-state index < -0.39 is 15.9 Å². The number of hydrogen-bond donors (Lipinski definition) is 1. The molecule has 0 saturated carbocycles. The molecule has 0 saturated heterocycles. The van der Waals surface area contributed by atoms with Crippen molar-refractivity contribution in [2.75, 3.05) is 31.6 Å². The van der Waals surface area contributed by atoms with Crippen LogP contribution < -0.4 is 14.8 Å². The average Bonchev–Trinajstić information content (AvgIpc) is 2.69. The summed E-state index contributed by atoms with van der Waals surface area (Å²) in [5, 5.41) is 2.68. The predicted molar refractivity (Wildman–Crippen MR) is 108 cm³/mol. The van der Waals surface area contributed by atoms with Gasteiger partial charge in [-0.1, -0.05) is 32.0 Å². The Morgan fingerprint density at radius 2 is 1.68 bits per heavy atom. The Balaban J connectivity index is 2.22. The number of sulfonamides is 1. The Morgan fingerprint density at radius 1 is 1.00 bits per heavy atom. The van der Waals surface area contributed by atoms with Crippen LogP contribution in [0.25, 0.3) is 0 Å². The number of amides is 1. The lowest BCUT2D eigenvalue weighted by atomic mass is 10.3. The maximum Gasteiger partial charge on any atom is 0.262 e. The topological polar surface area (TPSA) is 84.9 Å². The molecule has 8 heteroatoms. The normalized spacial score (nSPS) is 11.3. The maximum absolute atomic E-state index is 12.8. The number of carbonyl (C=O) groups is 1. The molecule has 152 valence electrons. The SMILES string of the molecule is CCOc1ccc(S(=O)(=O)N(CC)CC)cc1NC(=O)COc1ccccc1. The highest BCUT2D eigenvalue weighted by Gasteiger charge is 2.23. The molecular formula is C20H26N2O5S. The van der Waals surface area contributed by atoms with Gasteiger partial charge in [-0.2, -0.15) is 4.31 Å². The van der Waals surface area contributed by atoms with Gasteiger partial charge in [0.15, 0.2) is 6.61 Å². The van der Waals surface area contributed by atoms with Crippen LogP contribution in [0.3, 0.4) is 0 Å². The average molecular weight is 407 g/mol. The van der Waals surface area contributed by atoms with E-state index >= 15 is 0 Å². The summed E-state index contributed by atoms with van der Waals surface area (Å²) in [5.74, 6) is 0.553. The third kappa shape index (κ3) is 5.46. The van der Waals surface area contributed by atoms with Gasteiger partial charge in [0.2, 0.25) is 10.0 Å². The summed E-state index contributed by atoms with van der Waals surface area (Å²) in [6.45, 7) is 6.26. The van der Waals surface area contributed by atoms with Crippen LogP contribution in [-0.2, 0) is 14.8 Å². The van der Waals surface area contributed by atoms with Crippen LogP contribution >= 0.6 is 0 Å². The summed E-state index contributed by atoms with van der Waals surface area (Å²) in [5.41, 5.74) is 0.289. The maximum atomic E-state index is 12.8. The minimum Gasteiger partial charge on any atom is -0.492 e. The first kappa shape index (κ1) is 21.7. The van der Waals surface area contributed by atoms with Crippen LogP contribution in [0.5, 0.6) is 11.5 Å². The van der Waals surface area contributed by atoms with E-state index in [1.807, 2.05) is 25.1 Å². The molecule has 0 bridgehead atoms. The van der Waals surface area contributed by atoms with Crippen molar-refractivity contribution in [2.45, 2.75) is 25.7 Å². The number of nitrogens with zero attached hydrogens (tertiary/aromatic N) is 1. The van der Waals surface area contributed by atoms with Crippen molar-refractivity contribution in [3.63, 3.8) is 0 Å². The van der Waals surface area contributed by atoms with Gasteiger partial charge in [0, 0.05) is 13.1 Å². The standard InChI is InChI=1S/C20H26N2O5S/c1-4-22(5-2)28(24,25)17-12-13-19(26-6-3)18(14-17)21-20(23)15-27-16-10-8-7-9-11-16/h7-14H,4-6,15H2,1-3H3,(H,21,23). The second-order valence-electron chi connectivity index (χ2n) is 5.83. The fraction of sp³-hybridized carbons (Fsp3) is 0.350. The van der Waals surface area contributed by atoms with E-state index in [0.717, 1.165) is 0 Å². The number of carbonyl (C=O) groups excluding carboxylic acids is 1. The molecule has 0 heterocycles. The highest BCUT2D eigenvalue weighted by molar-refractivity contribution is 7.89. The predicted octanol–water partition coefficient (Wildman–Crippen LogP) is 3.13. The zero-order valence-corrected chi connectivity index (χ0v) is 17.2. The molecule has 0 spiro atoms. The molecule has 0 aliphatic carbocycles. The lowest BCUT2D eigenvalue weighted by molar-refractivity contribution is -0.118. The fourth-order valence-electron chi connectivity index (χ4n) is 2.61. The van der Waals surface area contributed by atoms with Crippen LogP contribution in [0, 0.1) is 0 Å². The lowest BCUT2D eigenvalue weighted by Crippen LogP contribution is -2.30. The van der Waals surface area contributed by atoms with Crippen LogP contribution in [0.2, 0.25) is 0 Å². The minimum absolute atomic E-state index is 0.0962. The second kappa shape index (κ2) is 10.1. The Kier molecular flexibility index (Phi) is 7.83. The zero-order chi connectivity index (χ0) is 20.6. The molecule has 1 amide bonds. The Bertz CT molecular complexity index is 881. The van der Waals surface area contributed by atoms with E-state index in [1.165, 1.54) is 16.4 Å². The molecule has 0 radical (unpaired) electrons. The first-order valence-electron chi connectivity index (χ1n) is 9.17. The van der Waals surface area contributed by atoms with E-state index in [1.54, 1.807) is 32.0 Å². The molecule has 2 rings (SSSR count).